The van der Waals surface area contributed by atoms with Crippen LogP contribution in [-0.4, -0.2) is 30.5 Å². The fraction of sp³-hybridized carbons (Fsp3) is 0.500. The average Bonchev–Trinajstić information content (AvgIpc) is 2.48. The zero-order chi connectivity index (χ0) is 15.8. The Labute approximate surface area is 131 Å². The molecule has 0 spiro atoms. The van der Waals surface area contributed by atoms with Crippen molar-refractivity contribution in [2.75, 3.05) is 19.7 Å². The Morgan fingerprint density at radius 1 is 1.43 bits per heavy atom. The summed E-state index contributed by atoms with van der Waals surface area (Å²) in [5, 5.41) is 9.83. The molecular formula is C16H21ClN2O2. The maximum Gasteiger partial charge on any atom is 0.240 e. The first-order chi connectivity index (χ1) is 10.0. The molecule has 1 aromatic carbocycles. The maximum absolute atomic E-state index is 12.1. The van der Waals surface area contributed by atoms with Crippen molar-refractivity contribution < 1.29 is 9.53 Å². The highest BCUT2D eigenvalue weighted by atomic mass is 35.5. The van der Waals surface area contributed by atoms with E-state index in [4.69, 9.17) is 21.6 Å². The molecule has 0 saturated carbocycles. The Morgan fingerprint density at radius 3 is 2.62 bits per heavy atom. The Morgan fingerprint density at radius 2 is 2.10 bits per heavy atom. The monoisotopic (exact) mass is 308 g/mol. The third kappa shape index (κ3) is 4.95. The van der Waals surface area contributed by atoms with Crippen LogP contribution in [-0.2, 0) is 4.79 Å². The summed E-state index contributed by atoms with van der Waals surface area (Å²) in [7, 11) is 0. The van der Waals surface area contributed by atoms with Gasteiger partial charge in [-0.15, -0.1) is 0 Å². The molecule has 0 aliphatic carbocycles. The Bertz CT molecular complexity index is 521. The number of carbonyl (C=O) groups is 1. The molecule has 1 aromatic rings. The normalized spacial score (nSPS) is 11.6. The van der Waals surface area contributed by atoms with Crippen molar-refractivity contribution in [3.63, 3.8) is 0 Å². The molecule has 0 N–H and O–H groups in total. The molecule has 0 radical (unpaired) electrons. The molecule has 114 valence electrons. The van der Waals surface area contributed by atoms with Crippen molar-refractivity contribution in [3.05, 3.63) is 28.8 Å². The van der Waals surface area contributed by atoms with Crippen LogP contribution in [0.4, 0.5) is 0 Å². The van der Waals surface area contributed by atoms with Gasteiger partial charge in [0.05, 0.1) is 12.7 Å². The quantitative estimate of drug-likeness (QED) is 0.775. The largest absolute Gasteiger partial charge is 0.494 e. The average molecular weight is 309 g/mol. The lowest BCUT2D eigenvalue weighted by Gasteiger charge is -2.21. The maximum atomic E-state index is 12.1. The third-order valence-corrected chi connectivity index (χ3v) is 3.76. The van der Waals surface area contributed by atoms with Gasteiger partial charge in [0.15, 0.2) is 0 Å². The van der Waals surface area contributed by atoms with E-state index in [-0.39, 0.29) is 5.91 Å². The molecule has 0 bridgehead atoms. The van der Waals surface area contributed by atoms with Crippen molar-refractivity contribution in [1.82, 2.24) is 4.90 Å². The van der Waals surface area contributed by atoms with E-state index in [1.54, 1.807) is 17.0 Å². The molecule has 1 rings (SSSR count). The molecule has 1 unspecified atom stereocenters. The zero-order valence-corrected chi connectivity index (χ0v) is 13.5. The standard InChI is InChI=1S/C16H21ClN2O2/c1-4-19(5-2)16(20)13(11-18)8-9-21-14-6-7-15(17)12(3)10-14/h6-7,10,13H,4-5,8-9H2,1-3H3. The molecule has 1 amide bonds. The van der Waals surface area contributed by atoms with Crippen LogP contribution in [0.3, 0.4) is 0 Å². The highest BCUT2D eigenvalue weighted by Crippen LogP contribution is 2.21. The first-order valence-electron chi connectivity index (χ1n) is 7.10. The second-order valence-corrected chi connectivity index (χ2v) is 5.15. The van der Waals surface area contributed by atoms with Crippen molar-refractivity contribution in [2.24, 2.45) is 5.92 Å². The number of amides is 1. The molecule has 0 aliphatic rings. The first-order valence-corrected chi connectivity index (χ1v) is 7.48. The molecule has 0 saturated heterocycles. The molecule has 5 heteroatoms. The van der Waals surface area contributed by atoms with Gasteiger partial charge in [-0.05, 0) is 44.5 Å². The molecule has 21 heavy (non-hydrogen) atoms. The number of halogens is 1. The molecule has 0 aromatic heterocycles. The van der Waals surface area contributed by atoms with Gasteiger partial charge in [0.2, 0.25) is 5.91 Å². The van der Waals surface area contributed by atoms with E-state index in [1.807, 2.05) is 26.8 Å². The topological polar surface area (TPSA) is 53.3 Å². The zero-order valence-electron chi connectivity index (χ0n) is 12.7. The number of nitriles is 1. The van der Waals surface area contributed by atoms with Crippen LogP contribution in [0.2, 0.25) is 5.02 Å². The summed E-state index contributed by atoms with van der Waals surface area (Å²) in [5.41, 5.74) is 0.935. The van der Waals surface area contributed by atoms with Gasteiger partial charge < -0.3 is 9.64 Å². The van der Waals surface area contributed by atoms with E-state index in [0.29, 0.717) is 36.9 Å². The number of hydrogen-bond acceptors (Lipinski definition) is 3. The molecule has 0 fully saturated rings. The lowest BCUT2D eigenvalue weighted by atomic mass is 10.1. The SMILES string of the molecule is CCN(CC)C(=O)C(C#N)CCOc1ccc(Cl)c(C)c1. The molecule has 4 nitrogen and oxygen atoms in total. The van der Waals surface area contributed by atoms with Gasteiger partial charge >= 0.3 is 0 Å². The van der Waals surface area contributed by atoms with Crippen LogP contribution in [0.15, 0.2) is 18.2 Å². The van der Waals surface area contributed by atoms with Gasteiger partial charge in [-0.1, -0.05) is 11.6 Å². The number of benzene rings is 1. The molecule has 0 aliphatic heterocycles. The summed E-state index contributed by atoms with van der Waals surface area (Å²) in [4.78, 5) is 13.8. The van der Waals surface area contributed by atoms with E-state index in [0.717, 1.165) is 5.56 Å². The number of nitrogens with zero attached hydrogens (tertiary/aromatic N) is 2. The van der Waals surface area contributed by atoms with Crippen LogP contribution < -0.4 is 4.74 Å². The number of hydrogen-bond donors (Lipinski definition) is 0. The van der Waals surface area contributed by atoms with Crippen molar-refractivity contribution in [3.8, 4) is 11.8 Å². The Balaban J connectivity index is 2.54. The number of aryl methyl sites for hydroxylation is 1. The van der Waals surface area contributed by atoms with Crippen molar-refractivity contribution in [2.45, 2.75) is 27.2 Å². The number of carbonyl (C=O) groups excluding carboxylic acids is 1. The minimum Gasteiger partial charge on any atom is -0.494 e. The van der Waals surface area contributed by atoms with E-state index >= 15 is 0 Å². The summed E-state index contributed by atoms with van der Waals surface area (Å²) in [6.07, 6.45) is 0.382. The molecule has 1 atom stereocenters. The van der Waals surface area contributed by atoms with Crippen LogP contribution in [0.25, 0.3) is 0 Å². The Hall–Kier alpha value is -1.73. The van der Waals surface area contributed by atoms with Crippen LogP contribution in [0, 0.1) is 24.2 Å². The van der Waals surface area contributed by atoms with Crippen LogP contribution in [0.5, 0.6) is 5.75 Å². The first kappa shape index (κ1) is 17.3. The predicted octanol–water partition coefficient (Wildman–Crippen LogP) is 3.43. The smallest absolute Gasteiger partial charge is 0.240 e. The van der Waals surface area contributed by atoms with Gasteiger partial charge in [-0.3, -0.25) is 4.79 Å². The second-order valence-electron chi connectivity index (χ2n) is 4.74. The minimum absolute atomic E-state index is 0.126. The van der Waals surface area contributed by atoms with Gasteiger partial charge in [0.1, 0.15) is 11.7 Å². The second kappa shape index (κ2) is 8.53. The molecule has 0 heterocycles. The van der Waals surface area contributed by atoms with Gasteiger partial charge in [-0.2, -0.15) is 5.26 Å². The molecular weight excluding hydrogens is 288 g/mol. The van der Waals surface area contributed by atoms with E-state index in [9.17, 15) is 4.79 Å². The van der Waals surface area contributed by atoms with Crippen LogP contribution in [0.1, 0.15) is 25.8 Å². The predicted molar refractivity (Wildman–Crippen MR) is 83.3 cm³/mol. The third-order valence-electron chi connectivity index (χ3n) is 3.33. The van der Waals surface area contributed by atoms with Crippen molar-refractivity contribution >= 4 is 17.5 Å². The van der Waals surface area contributed by atoms with Gasteiger partial charge in [0.25, 0.3) is 0 Å². The summed E-state index contributed by atoms with van der Waals surface area (Å²) >= 11 is 5.95. The fourth-order valence-corrected chi connectivity index (χ4v) is 2.12. The van der Waals surface area contributed by atoms with E-state index < -0.39 is 5.92 Å². The van der Waals surface area contributed by atoms with Crippen LogP contribution >= 0.6 is 11.6 Å². The summed E-state index contributed by atoms with van der Waals surface area (Å²) < 4.78 is 5.59. The van der Waals surface area contributed by atoms with E-state index in [1.165, 1.54) is 0 Å². The number of ether oxygens (including phenoxy) is 1. The highest BCUT2D eigenvalue weighted by Gasteiger charge is 2.22. The lowest BCUT2D eigenvalue weighted by molar-refractivity contribution is -0.133. The Kier molecular flexibility index (Phi) is 7.04. The summed E-state index contributed by atoms with van der Waals surface area (Å²) in [5.74, 6) is -0.0828. The summed E-state index contributed by atoms with van der Waals surface area (Å²) in [6, 6.07) is 7.46. The fourth-order valence-electron chi connectivity index (χ4n) is 2.00. The van der Waals surface area contributed by atoms with Gasteiger partial charge in [0, 0.05) is 24.5 Å². The minimum atomic E-state index is -0.654. The lowest BCUT2D eigenvalue weighted by Crippen LogP contribution is -2.36. The highest BCUT2D eigenvalue weighted by molar-refractivity contribution is 6.31. The number of rotatable bonds is 7. The van der Waals surface area contributed by atoms with E-state index in [2.05, 4.69) is 6.07 Å². The van der Waals surface area contributed by atoms with Gasteiger partial charge in [-0.25, -0.2) is 0 Å². The summed E-state index contributed by atoms with van der Waals surface area (Å²) in [6.45, 7) is 7.27. The van der Waals surface area contributed by atoms with Crippen molar-refractivity contribution in [1.29, 1.82) is 5.26 Å².